The van der Waals surface area contributed by atoms with Gasteiger partial charge in [-0.15, -0.1) is 0 Å². The van der Waals surface area contributed by atoms with E-state index in [4.69, 9.17) is 14.4 Å². The van der Waals surface area contributed by atoms with Gasteiger partial charge in [0.25, 0.3) is 0 Å². The number of amidine groups is 2. The second-order valence-electron chi connectivity index (χ2n) is 11.8. The maximum atomic E-state index is 6.26. The van der Waals surface area contributed by atoms with Gasteiger partial charge >= 0.3 is 0 Å². The molecule has 0 fully saturated rings. The van der Waals surface area contributed by atoms with Gasteiger partial charge in [-0.25, -0.2) is 9.98 Å². The van der Waals surface area contributed by atoms with Crippen molar-refractivity contribution in [2.24, 2.45) is 9.98 Å². The van der Waals surface area contributed by atoms with Crippen LogP contribution in [0.2, 0.25) is 0 Å². The minimum atomic E-state index is -0.326. The van der Waals surface area contributed by atoms with E-state index >= 15 is 0 Å². The largest absolute Gasteiger partial charge is 0.456 e. The third-order valence-electron chi connectivity index (χ3n) is 8.96. The molecule has 4 heteroatoms. The van der Waals surface area contributed by atoms with E-state index in [1.807, 2.05) is 24.3 Å². The van der Waals surface area contributed by atoms with Crippen molar-refractivity contribution in [3.8, 4) is 22.3 Å². The number of benzene rings is 7. The molecule has 0 saturated heterocycles. The minimum absolute atomic E-state index is 0.326. The van der Waals surface area contributed by atoms with Gasteiger partial charge in [-0.05, 0) is 56.8 Å². The molecule has 0 spiro atoms. The monoisotopic (exact) mass is 603 g/mol. The smallest absolute Gasteiger partial charge is 0.160 e. The second kappa shape index (κ2) is 11.3. The van der Waals surface area contributed by atoms with Crippen LogP contribution in [0.1, 0.15) is 22.9 Å². The summed E-state index contributed by atoms with van der Waals surface area (Å²) < 4.78 is 6.26. The summed E-state index contributed by atoms with van der Waals surface area (Å²) in [7, 11) is 0. The number of hydrogen-bond donors (Lipinski definition) is 1. The molecular weight excluding hydrogens is 574 g/mol. The Labute approximate surface area is 272 Å². The molecule has 2 heterocycles. The molecule has 0 bridgehead atoms. The minimum Gasteiger partial charge on any atom is -0.456 e. The average Bonchev–Trinajstić information content (AvgIpc) is 3.54. The van der Waals surface area contributed by atoms with Crippen molar-refractivity contribution in [1.82, 2.24) is 5.32 Å². The lowest BCUT2D eigenvalue weighted by atomic mass is 9.94. The number of nitrogens with zero attached hydrogens (tertiary/aromatic N) is 2. The summed E-state index contributed by atoms with van der Waals surface area (Å²) in [5, 5.41) is 8.22. The summed E-state index contributed by atoms with van der Waals surface area (Å²) >= 11 is 0. The quantitative estimate of drug-likeness (QED) is 0.213. The summed E-state index contributed by atoms with van der Waals surface area (Å²) in [6, 6.07) is 56.9. The molecule has 9 rings (SSSR count). The van der Waals surface area contributed by atoms with E-state index in [1.165, 1.54) is 21.9 Å². The molecule has 222 valence electrons. The lowest BCUT2D eigenvalue weighted by Crippen LogP contribution is -2.33. The maximum Gasteiger partial charge on any atom is 0.160 e. The van der Waals surface area contributed by atoms with E-state index in [0.29, 0.717) is 5.84 Å². The zero-order chi connectivity index (χ0) is 31.2. The summed E-state index contributed by atoms with van der Waals surface area (Å²) in [6.07, 6.45) is -0.326. The molecule has 1 unspecified atom stereocenters. The van der Waals surface area contributed by atoms with E-state index in [-0.39, 0.29) is 6.17 Å². The van der Waals surface area contributed by atoms with Gasteiger partial charge in [0.2, 0.25) is 0 Å². The normalized spacial score (nSPS) is 14.6. The van der Waals surface area contributed by atoms with Crippen LogP contribution in [0.25, 0.3) is 55.0 Å². The molecule has 1 aromatic heterocycles. The van der Waals surface area contributed by atoms with Gasteiger partial charge in [0, 0.05) is 21.9 Å². The highest BCUT2D eigenvalue weighted by Crippen LogP contribution is 2.38. The Balaban J connectivity index is 1.20. The third kappa shape index (κ3) is 4.88. The first-order valence-corrected chi connectivity index (χ1v) is 15.9. The SMILES string of the molecule is c1ccc(-c2ccc(C3N=C(c4ccccc4-c4cccc5oc6ccccc6c45)N=C(c4ccc5ccccc5c4)N3)cc2)cc1. The molecule has 47 heavy (non-hydrogen) atoms. The Morgan fingerprint density at radius 2 is 1.15 bits per heavy atom. The van der Waals surface area contributed by atoms with Crippen LogP contribution in [-0.2, 0) is 0 Å². The van der Waals surface area contributed by atoms with Gasteiger partial charge in [-0.2, -0.15) is 0 Å². The van der Waals surface area contributed by atoms with Gasteiger partial charge in [-0.1, -0.05) is 146 Å². The van der Waals surface area contributed by atoms with Crippen LogP contribution in [0, 0.1) is 0 Å². The Bertz CT molecular complexity index is 2490. The number of hydrogen-bond acceptors (Lipinski definition) is 4. The van der Waals surface area contributed by atoms with E-state index in [0.717, 1.165) is 55.6 Å². The van der Waals surface area contributed by atoms with E-state index in [1.54, 1.807) is 0 Å². The first-order valence-electron chi connectivity index (χ1n) is 15.9. The maximum absolute atomic E-state index is 6.26. The van der Waals surface area contributed by atoms with E-state index in [9.17, 15) is 0 Å². The van der Waals surface area contributed by atoms with Gasteiger partial charge < -0.3 is 9.73 Å². The number of aliphatic imine (C=N–C) groups is 2. The van der Waals surface area contributed by atoms with Crippen molar-refractivity contribution in [2.75, 3.05) is 0 Å². The summed E-state index contributed by atoms with van der Waals surface area (Å²) in [4.78, 5) is 10.5. The highest BCUT2D eigenvalue weighted by atomic mass is 16.3. The standard InChI is InChI=1S/C43H29N3O/c1-2-11-28(12-3-1)30-21-24-31(25-22-30)41-44-42(33-26-23-29-13-4-5-14-32(29)27-33)46-43(45-41)36-16-7-6-15-34(36)35-18-10-20-39-40(35)37-17-8-9-19-38(37)47-39/h1-27,41H,(H,44,45,46). The fraction of sp³-hybridized carbons (Fsp3) is 0.0233. The molecule has 0 amide bonds. The van der Waals surface area contributed by atoms with Crippen molar-refractivity contribution in [1.29, 1.82) is 0 Å². The van der Waals surface area contributed by atoms with Gasteiger partial charge in [-0.3, -0.25) is 0 Å². The van der Waals surface area contributed by atoms with Gasteiger partial charge in [0.1, 0.15) is 23.2 Å². The van der Waals surface area contributed by atoms with Crippen LogP contribution in [0.4, 0.5) is 0 Å². The molecule has 4 nitrogen and oxygen atoms in total. The number of nitrogens with one attached hydrogen (secondary N) is 1. The van der Waals surface area contributed by atoms with Crippen LogP contribution in [0.15, 0.2) is 178 Å². The summed E-state index contributed by atoms with van der Waals surface area (Å²) in [6.45, 7) is 0. The summed E-state index contributed by atoms with van der Waals surface area (Å²) in [5.74, 6) is 1.48. The van der Waals surface area contributed by atoms with Crippen molar-refractivity contribution < 1.29 is 4.42 Å². The number of para-hydroxylation sites is 1. The zero-order valence-corrected chi connectivity index (χ0v) is 25.5. The summed E-state index contributed by atoms with van der Waals surface area (Å²) in [5.41, 5.74) is 9.30. The van der Waals surface area contributed by atoms with Crippen molar-refractivity contribution in [3.05, 3.63) is 180 Å². The molecule has 1 aliphatic heterocycles. The lowest BCUT2D eigenvalue weighted by molar-refractivity contribution is 0.669. The molecule has 1 aliphatic rings. The van der Waals surface area contributed by atoms with Gasteiger partial charge in [0.05, 0.1) is 0 Å². The molecule has 8 aromatic rings. The molecule has 0 radical (unpaired) electrons. The van der Waals surface area contributed by atoms with Crippen LogP contribution in [-0.4, -0.2) is 11.7 Å². The number of rotatable bonds is 5. The molecule has 1 N–H and O–H groups in total. The molecule has 0 aliphatic carbocycles. The number of fused-ring (bicyclic) bond motifs is 4. The topological polar surface area (TPSA) is 49.9 Å². The Morgan fingerprint density at radius 1 is 0.489 bits per heavy atom. The predicted molar refractivity (Wildman–Crippen MR) is 194 cm³/mol. The highest BCUT2D eigenvalue weighted by Gasteiger charge is 2.24. The second-order valence-corrected chi connectivity index (χ2v) is 11.8. The molecule has 0 saturated carbocycles. The average molecular weight is 604 g/mol. The van der Waals surface area contributed by atoms with Crippen molar-refractivity contribution in [3.63, 3.8) is 0 Å². The van der Waals surface area contributed by atoms with Crippen LogP contribution >= 0.6 is 0 Å². The first kappa shape index (κ1) is 27.1. The van der Waals surface area contributed by atoms with Crippen LogP contribution in [0.3, 0.4) is 0 Å². The fourth-order valence-electron chi connectivity index (χ4n) is 6.62. The third-order valence-corrected chi connectivity index (χ3v) is 8.96. The van der Waals surface area contributed by atoms with Crippen LogP contribution in [0.5, 0.6) is 0 Å². The van der Waals surface area contributed by atoms with Gasteiger partial charge in [0.15, 0.2) is 5.84 Å². The number of furan rings is 1. The van der Waals surface area contributed by atoms with E-state index in [2.05, 4.69) is 145 Å². The fourth-order valence-corrected chi connectivity index (χ4v) is 6.62. The van der Waals surface area contributed by atoms with Crippen molar-refractivity contribution >= 4 is 44.4 Å². The highest BCUT2D eigenvalue weighted by molar-refractivity contribution is 6.19. The predicted octanol–water partition coefficient (Wildman–Crippen LogP) is 10.6. The lowest BCUT2D eigenvalue weighted by Gasteiger charge is -2.25. The zero-order valence-electron chi connectivity index (χ0n) is 25.5. The molecular formula is C43H29N3O. The van der Waals surface area contributed by atoms with Crippen LogP contribution < -0.4 is 5.32 Å². The van der Waals surface area contributed by atoms with Crippen molar-refractivity contribution in [2.45, 2.75) is 6.17 Å². The Hall–Kier alpha value is -6.26. The van der Waals surface area contributed by atoms with E-state index < -0.39 is 0 Å². The molecule has 1 atom stereocenters. The molecule has 7 aromatic carbocycles. The Morgan fingerprint density at radius 3 is 2.02 bits per heavy atom. The Kier molecular flexibility index (Phi) is 6.50. The first-order chi connectivity index (χ1) is 23.3.